The van der Waals surface area contributed by atoms with Crippen molar-refractivity contribution < 1.29 is 18.3 Å². The van der Waals surface area contributed by atoms with Gasteiger partial charge < -0.3 is 15.8 Å². The fourth-order valence-corrected chi connectivity index (χ4v) is 2.24. The van der Waals surface area contributed by atoms with Crippen LogP contribution in [0.2, 0.25) is 0 Å². The summed E-state index contributed by atoms with van der Waals surface area (Å²) in [7, 11) is 0. The van der Waals surface area contributed by atoms with Crippen molar-refractivity contribution in [3.63, 3.8) is 0 Å². The average molecular weight is 335 g/mol. The molecule has 2 atom stereocenters. The van der Waals surface area contributed by atoms with Gasteiger partial charge in [0.2, 0.25) is 5.91 Å². The second-order valence-corrected chi connectivity index (χ2v) is 5.65. The molecule has 1 aliphatic rings. The van der Waals surface area contributed by atoms with Crippen molar-refractivity contribution in [1.82, 2.24) is 0 Å². The normalized spacial score (nSPS) is 26.5. The molecular weight excluding hydrogens is 322 g/mol. The van der Waals surface area contributed by atoms with Crippen LogP contribution in [0.5, 0.6) is 0 Å². The van der Waals surface area contributed by atoms with Crippen LogP contribution in [-0.4, -0.2) is 25.2 Å². The van der Waals surface area contributed by atoms with E-state index in [1.807, 2.05) is 0 Å². The molecule has 104 valence electrons. The van der Waals surface area contributed by atoms with E-state index in [4.69, 9.17) is 10.5 Å². The molecule has 1 amide bonds. The van der Waals surface area contributed by atoms with Gasteiger partial charge in [-0.2, -0.15) is 0 Å². The Kier molecular flexibility index (Phi) is 3.89. The van der Waals surface area contributed by atoms with E-state index < -0.39 is 34.7 Å². The average Bonchev–Trinajstić information content (AvgIpc) is 2.65. The van der Waals surface area contributed by atoms with Gasteiger partial charge in [-0.05, 0) is 19.1 Å². The first-order chi connectivity index (χ1) is 8.84. The fourth-order valence-electron chi connectivity index (χ4n) is 1.84. The molecule has 3 N–H and O–H groups in total. The number of benzene rings is 1. The second-order valence-electron chi connectivity index (χ2n) is 4.74. The van der Waals surface area contributed by atoms with Gasteiger partial charge in [0.1, 0.15) is 5.69 Å². The van der Waals surface area contributed by atoms with Crippen LogP contribution < -0.4 is 11.1 Å². The molecule has 0 spiro atoms. The minimum absolute atomic E-state index is 0.125. The van der Waals surface area contributed by atoms with Gasteiger partial charge in [0.05, 0.1) is 18.6 Å². The number of carbonyl (C=O) groups excluding carboxylic acids is 1. The minimum atomic E-state index is -0.994. The monoisotopic (exact) mass is 334 g/mol. The summed E-state index contributed by atoms with van der Waals surface area (Å²) >= 11 is 2.97. The highest BCUT2D eigenvalue weighted by Crippen LogP contribution is 2.30. The van der Waals surface area contributed by atoms with Gasteiger partial charge in [0, 0.05) is 10.5 Å². The Hall–Kier alpha value is -1.05. The maximum atomic E-state index is 13.6. The highest BCUT2D eigenvalue weighted by atomic mass is 79.9. The van der Waals surface area contributed by atoms with Crippen LogP contribution in [0.4, 0.5) is 14.5 Å². The Labute approximate surface area is 117 Å². The van der Waals surface area contributed by atoms with Gasteiger partial charge in [-0.3, -0.25) is 4.79 Å². The van der Waals surface area contributed by atoms with E-state index in [1.54, 1.807) is 6.92 Å². The predicted octanol–water partition coefficient (Wildman–Crippen LogP) is 2.03. The Balaban J connectivity index is 2.25. The highest BCUT2D eigenvalue weighted by molar-refractivity contribution is 9.10. The molecule has 1 aromatic rings. The molecule has 0 bridgehead atoms. The summed E-state index contributed by atoms with van der Waals surface area (Å²) in [5, 5.41) is 2.25. The molecule has 1 aromatic carbocycles. The molecule has 7 heteroatoms. The van der Waals surface area contributed by atoms with Gasteiger partial charge in [-0.25, -0.2) is 8.78 Å². The fraction of sp³-hybridized carbons (Fsp3) is 0.417. The van der Waals surface area contributed by atoms with E-state index in [0.29, 0.717) is 0 Å². The number of carbonyl (C=O) groups is 1. The van der Waals surface area contributed by atoms with Gasteiger partial charge in [0.25, 0.3) is 0 Å². The zero-order valence-electron chi connectivity index (χ0n) is 10.2. The number of halogens is 3. The number of amides is 1. The second kappa shape index (κ2) is 5.15. The Morgan fingerprint density at radius 1 is 1.53 bits per heavy atom. The molecule has 1 heterocycles. The van der Waals surface area contributed by atoms with Crippen molar-refractivity contribution in [3.05, 3.63) is 28.2 Å². The van der Waals surface area contributed by atoms with Gasteiger partial charge in [-0.15, -0.1) is 0 Å². The quantitative estimate of drug-likeness (QED) is 0.869. The lowest BCUT2D eigenvalue weighted by atomic mass is 9.85. The first-order valence-electron chi connectivity index (χ1n) is 5.64. The van der Waals surface area contributed by atoms with Crippen molar-refractivity contribution in [2.45, 2.75) is 13.0 Å². The van der Waals surface area contributed by atoms with E-state index in [-0.39, 0.29) is 17.7 Å². The molecule has 1 fully saturated rings. The summed E-state index contributed by atoms with van der Waals surface area (Å²) in [4.78, 5) is 12.1. The summed E-state index contributed by atoms with van der Waals surface area (Å²) < 4.78 is 32.7. The van der Waals surface area contributed by atoms with Crippen LogP contribution in [0.15, 0.2) is 16.6 Å². The maximum absolute atomic E-state index is 13.6. The maximum Gasteiger partial charge on any atom is 0.234 e. The predicted molar refractivity (Wildman–Crippen MR) is 69.6 cm³/mol. The summed E-state index contributed by atoms with van der Waals surface area (Å²) in [6.07, 6.45) is 0. The summed E-state index contributed by atoms with van der Waals surface area (Å²) in [5.74, 6) is -2.26. The van der Waals surface area contributed by atoms with E-state index in [0.717, 1.165) is 12.1 Å². The Morgan fingerprint density at radius 3 is 2.58 bits per heavy atom. The molecule has 0 aliphatic carbocycles. The smallest absolute Gasteiger partial charge is 0.234 e. The third-order valence-corrected chi connectivity index (χ3v) is 3.74. The lowest BCUT2D eigenvalue weighted by Gasteiger charge is -2.25. The van der Waals surface area contributed by atoms with Crippen LogP contribution in [-0.2, 0) is 9.53 Å². The number of ether oxygens (including phenoxy) is 1. The molecule has 2 unspecified atom stereocenters. The van der Waals surface area contributed by atoms with Crippen molar-refractivity contribution >= 4 is 27.5 Å². The zero-order chi connectivity index (χ0) is 14.2. The van der Waals surface area contributed by atoms with Crippen LogP contribution >= 0.6 is 15.9 Å². The number of nitrogens with one attached hydrogen (secondary N) is 1. The first-order valence-corrected chi connectivity index (χ1v) is 6.43. The molecule has 19 heavy (non-hydrogen) atoms. The zero-order valence-corrected chi connectivity index (χ0v) is 11.8. The van der Waals surface area contributed by atoms with Crippen LogP contribution in [0.3, 0.4) is 0 Å². The topological polar surface area (TPSA) is 64.3 Å². The van der Waals surface area contributed by atoms with E-state index >= 15 is 0 Å². The minimum Gasteiger partial charge on any atom is -0.379 e. The van der Waals surface area contributed by atoms with Crippen molar-refractivity contribution in [1.29, 1.82) is 0 Å². The third-order valence-electron chi connectivity index (χ3n) is 3.28. The molecular formula is C12H13BrF2N2O2. The molecule has 4 nitrogen and oxygen atoms in total. The molecule has 0 radical (unpaired) electrons. The number of anilines is 1. The molecule has 2 rings (SSSR count). The van der Waals surface area contributed by atoms with E-state index in [9.17, 15) is 13.6 Å². The van der Waals surface area contributed by atoms with Crippen molar-refractivity contribution in [3.8, 4) is 0 Å². The first kappa shape index (κ1) is 14.4. The number of nitrogens with two attached hydrogens (primary N) is 1. The Morgan fingerprint density at radius 2 is 2.11 bits per heavy atom. The third kappa shape index (κ3) is 2.63. The largest absolute Gasteiger partial charge is 0.379 e. The van der Waals surface area contributed by atoms with E-state index in [2.05, 4.69) is 21.2 Å². The summed E-state index contributed by atoms with van der Waals surface area (Å²) in [6, 6.07) is 1.65. The van der Waals surface area contributed by atoms with Gasteiger partial charge in [-0.1, -0.05) is 15.9 Å². The number of rotatable bonds is 2. The summed E-state index contributed by atoms with van der Waals surface area (Å²) in [5.41, 5.74) is 4.31. The van der Waals surface area contributed by atoms with Crippen molar-refractivity contribution in [2.75, 3.05) is 18.5 Å². The summed E-state index contributed by atoms with van der Waals surface area (Å²) in [6.45, 7) is 1.98. The van der Waals surface area contributed by atoms with Crippen molar-refractivity contribution in [2.24, 2.45) is 11.1 Å². The lowest BCUT2D eigenvalue weighted by molar-refractivity contribution is -0.125. The standard InChI is InChI=1S/C12H13BrF2N2O2/c1-12(5-19-4-9(12)16)11(18)17-10-7(14)2-6(13)3-8(10)15/h2-3,9H,4-5,16H2,1H3,(H,17,18). The Bertz CT molecular complexity index is 503. The molecule has 0 aromatic heterocycles. The highest BCUT2D eigenvalue weighted by Gasteiger charge is 2.44. The number of hydrogen-bond acceptors (Lipinski definition) is 3. The molecule has 0 saturated carbocycles. The SMILES string of the molecule is CC1(C(=O)Nc2c(F)cc(Br)cc2F)COCC1N. The van der Waals surface area contributed by atoms with E-state index in [1.165, 1.54) is 0 Å². The van der Waals surface area contributed by atoms with Crippen LogP contribution in [0.25, 0.3) is 0 Å². The lowest BCUT2D eigenvalue weighted by Crippen LogP contribution is -2.47. The van der Waals surface area contributed by atoms with Gasteiger partial charge in [0.15, 0.2) is 11.6 Å². The van der Waals surface area contributed by atoms with Crippen LogP contribution in [0.1, 0.15) is 6.92 Å². The van der Waals surface area contributed by atoms with Crippen LogP contribution in [0, 0.1) is 17.0 Å². The molecule has 1 aliphatic heterocycles. The molecule has 1 saturated heterocycles. The number of hydrogen-bond donors (Lipinski definition) is 2. The van der Waals surface area contributed by atoms with Gasteiger partial charge >= 0.3 is 0 Å².